The molecule has 1 rings (SSSR count). The zero-order valence-electron chi connectivity index (χ0n) is 15.5. The summed E-state index contributed by atoms with van der Waals surface area (Å²) in [6.07, 6.45) is 3.96. The Morgan fingerprint density at radius 3 is 1.91 bits per heavy atom. The lowest BCUT2D eigenvalue weighted by molar-refractivity contribution is -0.134. The first kappa shape index (κ1) is 28.8. The summed E-state index contributed by atoms with van der Waals surface area (Å²) in [5, 5.41) is 2.60. The fourth-order valence-electron chi connectivity index (χ4n) is 1.94. The molecule has 0 saturated carbocycles. The fraction of sp³-hybridized carbons (Fsp3) is 0.778. The van der Waals surface area contributed by atoms with E-state index in [1.54, 1.807) is 24.9 Å². The highest BCUT2D eigenvalue weighted by Crippen LogP contribution is 2.23. The number of amides is 2. The fourth-order valence-corrected chi connectivity index (χ4v) is 1.94. The average Bonchev–Trinajstić information content (AvgIpc) is 2.95. The smallest absolute Gasteiger partial charge is 0.246 e. The summed E-state index contributed by atoms with van der Waals surface area (Å²) < 4.78 is 0. The number of hydrogen-bond acceptors (Lipinski definition) is 2. The average molecular weight is 317 g/mol. The molecule has 0 aromatic carbocycles. The maximum atomic E-state index is 11.7. The van der Waals surface area contributed by atoms with Crippen molar-refractivity contribution in [3.63, 3.8) is 0 Å². The quantitative estimate of drug-likeness (QED) is 0.774. The summed E-state index contributed by atoms with van der Waals surface area (Å²) in [7, 11) is 1.60. The van der Waals surface area contributed by atoms with Gasteiger partial charge in [-0.2, -0.15) is 0 Å². The van der Waals surface area contributed by atoms with Crippen molar-refractivity contribution in [2.45, 2.75) is 75.3 Å². The van der Waals surface area contributed by atoms with Gasteiger partial charge < -0.3 is 10.2 Å². The van der Waals surface area contributed by atoms with Crippen LogP contribution in [-0.2, 0) is 9.59 Å². The highest BCUT2D eigenvalue weighted by Gasteiger charge is 2.36. The predicted octanol–water partition coefficient (Wildman–Crippen LogP) is 4.26. The Hall–Kier alpha value is -1.32. The van der Waals surface area contributed by atoms with Crippen LogP contribution in [-0.4, -0.2) is 36.3 Å². The van der Waals surface area contributed by atoms with Crippen molar-refractivity contribution in [2.24, 2.45) is 5.92 Å². The first-order valence-corrected chi connectivity index (χ1v) is 8.25. The van der Waals surface area contributed by atoms with E-state index in [1.807, 2.05) is 41.5 Å². The first-order valence-electron chi connectivity index (χ1n) is 8.25. The summed E-state index contributed by atoms with van der Waals surface area (Å²) in [6.45, 7) is 16.5. The van der Waals surface area contributed by atoms with E-state index in [0.29, 0.717) is 12.5 Å². The minimum atomic E-state index is -0.298. The van der Waals surface area contributed by atoms with Crippen LogP contribution in [0.1, 0.15) is 69.2 Å². The van der Waals surface area contributed by atoms with E-state index in [4.69, 9.17) is 0 Å². The molecule has 1 aliphatic rings. The van der Waals surface area contributed by atoms with Crippen LogP contribution < -0.4 is 5.32 Å². The van der Waals surface area contributed by atoms with E-state index in [-0.39, 0.29) is 25.3 Å². The second kappa shape index (κ2) is 19.7. The van der Waals surface area contributed by atoms with Crippen molar-refractivity contribution in [1.82, 2.24) is 10.2 Å². The van der Waals surface area contributed by atoms with Crippen molar-refractivity contribution < 1.29 is 9.59 Å². The minimum Gasteiger partial charge on any atom is -0.357 e. The molecule has 4 nitrogen and oxygen atoms in total. The third-order valence-corrected chi connectivity index (χ3v) is 2.65. The van der Waals surface area contributed by atoms with Gasteiger partial charge in [-0.25, -0.2) is 0 Å². The molecule has 1 saturated heterocycles. The number of carbonyl (C=O) groups is 2. The number of hydrogen-bond donors (Lipinski definition) is 1. The Morgan fingerprint density at radius 1 is 1.09 bits per heavy atom. The van der Waals surface area contributed by atoms with Gasteiger partial charge in [-0.1, -0.05) is 62.0 Å². The van der Waals surface area contributed by atoms with Gasteiger partial charge in [0.25, 0.3) is 0 Å². The Morgan fingerprint density at radius 2 is 1.55 bits per heavy atom. The molecular weight excluding hydrogens is 276 g/mol. The molecule has 22 heavy (non-hydrogen) atoms. The van der Waals surface area contributed by atoms with Gasteiger partial charge in [0.2, 0.25) is 11.8 Å². The lowest BCUT2D eigenvalue weighted by atomic mass is 10.1. The van der Waals surface area contributed by atoms with Crippen molar-refractivity contribution >= 4 is 11.8 Å². The van der Waals surface area contributed by atoms with Crippen LogP contribution in [0.15, 0.2) is 12.2 Å². The molecule has 0 aliphatic carbocycles. The van der Waals surface area contributed by atoms with Crippen LogP contribution in [0.25, 0.3) is 0 Å². The minimum absolute atomic E-state index is 0. The van der Waals surface area contributed by atoms with Crippen LogP contribution in [0, 0.1) is 5.92 Å². The van der Waals surface area contributed by atoms with Crippen molar-refractivity contribution in [1.29, 1.82) is 0 Å². The van der Waals surface area contributed by atoms with Gasteiger partial charge >= 0.3 is 0 Å². The van der Waals surface area contributed by atoms with Crippen molar-refractivity contribution in [2.75, 3.05) is 13.6 Å². The van der Waals surface area contributed by atoms with Crippen LogP contribution in [0.3, 0.4) is 0 Å². The summed E-state index contributed by atoms with van der Waals surface area (Å²) in [6, 6.07) is -0.298. The molecule has 0 unspecified atom stereocenters. The van der Waals surface area contributed by atoms with E-state index in [9.17, 15) is 9.59 Å². The third-order valence-electron chi connectivity index (χ3n) is 2.65. The molecule has 1 N–H and O–H groups in total. The third kappa shape index (κ3) is 10.4. The van der Waals surface area contributed by atoms with Gasteiger partial charge in [-0.15, -0.1) is 0 Å². The lowest BCUT2D eigenvalue weighted by Crippen LogP contribution is -2.44. The molecule has 0 spiro atoms. The number of likely N-dealkylation sites (tertiary alicyclic amines) is 1. The molecule has 2 amide bonds. The maximum Gasteiger partial charge on any atom is 0.246 e. The Bertz CT molecular complexity index is 289. The van der Waals surface area contributed by atoms with E-state index in [2.05, 4.69) is 12.2 Å². The molecule has 0 aromatic heterocycles. The first-order chi connectivity index (χ1) is 10.1. The Balaban J connectivity index is -0.000000206. The molecule has 1 fully saturated rings. The van der Waals surface area contributed by atoms with Gasteiger partial charge in [0.1, 0.15) is 6.04 Å². The van der Waals surface area contributed by atoms with E-state index < -0.39 is 0 Å². The molecule has 0 aromatic rings. The summed E-state index contributed by atoms with van der Waals surface area (Å²) >= 11 is 0. The standard InChI is InChI=1S/C11H18N2O2.3C2H6.CH4/c1-4-5-10(14)13-7-8(2)6-9(13)11(15)12-3;3*1-2;/h4-5,8-9H,6-7H2,1-3H3,(H,12,15);3*1-2H3;1H4/b5-4+;;;;/t8-,9-;;;;/m0..../s1. The maximum absolute atomic E-state index is 11.7. The molecular formula is C18H40N2O2. The van der Waals surface area contributed by atoms with Gasteiger partial charge in [0.15, 0.2) is 0 Å². The molecule has 0 radical (unpaired) electrons. The van der Waals surface area contributed by atoms with Crippen LogP contribution in [0.2, 0.25) is 0 Å². The molecule has 0 bridgehead atoms. The SMILES string of the molecule is C.C/C=C/C(=O)N1C[C@@H](C)C[C@H]1C(=O)NC.CC.CC.CC. The van der Waals surface area contributed by atoms with E-state index in [0.717, 1.165) is 6.42 Å². The molecule has 2 atom stereocenters. The monoisotopic (exact) mass is 316 g/mol. The second-order valence-corrected chi connectivity index (χ2v) is 3.96. The van der Waals surface area contributed by atoms with Gasteiger partial charge in [-0.3, -0.25) is 9.59 Å². The topological polar surface area (TPSA) is 49.4 Å². The normalized spacial score (nSPS) is 18.5. The highest BCUT2D eigenvalue weighted by atomic mass is 16.2. The van der Waals surface area contributed by atoms with Crippen LogP contribution >= 0.6 is 0 Å². The van der Waals surface area contributed by atoms with Crippen molar-refractivity contribution in [3.8, 4) is 0 Å². The zero-order valence-corrected chi connectivity index (χ0v) is 15.5. The lowest BCUT2D eigenvalue weighted by Gasteiger charge is -2.21. The van der Waals surface area contributed by atoms with Gasteiger partial charge in [0.05, 0.1) is 0 Å². The van der Waals surface area contributed by atoms with E-state index in [1.165, 1.54) is 6.08 Å². The van der Waals surface area contributed by atoms with Gasteiger partial charge in [0, 0.05) is 13.6 Å². The second-order valence-electron chi connectivity index (χ2n) is 3.96. The number of nitrogens with zero attached hydrogens (tertiary/aromatic N) is 1. The van der Waals surface area contributed by atoms with Crippen molar-refractivity contribution in [3.05, 3.63) is 12.2 Å². The number of rotatable bonds is 2. The van der Waals surface area contributed by atoms with Crippen LogP contribution in [0.5, 0.6) is 0 Å². The number of nitrogens with one attached hydrogen (secondary N) is 1. The summed E-state index contributed by atoms with van der Waals surface area (Å²) in [5.41, 5.74) is 0. The van der Waals surface area contributed by atoms with Crippen LogP contribution in [0.4, 0.5) is 0 Å². The zero-order chi connectivity index (χ0) is 17.4. The van der Waals surface area contributed by atoms with Gasteiger partial charge in [-0.05, 0) is 25.3 Å². The molecule has 134 valence electrons. The Kier molecular flexibility index (Phi) is 25.8. The predicted molar refractivity (Wildman–Crippen MR) is 98.9 cm³/mol. The molecule has 4 heteroatoms. The Labute approximate surface area is 139 Å². The molecule has 1 heterocycles. The highest BCUT2D eigenvalue weighted by molar-refractivity contribution is 5.93. The number of carbonyl (C=O) groups excluding carboxylic acids is 2. The molecule has 1 aliphatic heterocycles. The number of allylic oxidation sites excluding steroid dienone is 1. The largest absolute Gasteiger partial charge is 0.357 e. The number of likely N-dealkylation sites (N-methyl/N-ethyl adjacent to an activating group) is 1. The summed E-state index contributed by atoms with van der Waals surface area (Å²) in [4.78, 5) is 24.9. The van der Waals surface area contributed by atoms with E-state index >= 15 is 0 Å². The summed E-state index contributed by atoms with van der Waals surface area (Å²) in [5.74, 6) is 0.245.